The average Bonchev–Trinajstić information content (AvgIpc) is 2.46. The van der Waals surface area contributed by atoms with Gasteiger partial charge in [-0.3, -0.25) is 0 Å². The Kier molecular flexibility index (Phi) is 4.82. The van der Waals surface area contributed by atoms with Crippen LogP contribution in [-0.4, -0.2) is 42.7 Å². The summed E-state index contributed by atoms with van der Waals surface area (Å²) in [7, 11) is -6.95. The van der Waals surface area contributed by atoms with Gasteiger partial charge in [0.25, 0.3) is 0 Å². The monoisotopic (exact) mass is 330 g/mol. The first-order chi connectivity index (χ1) is 9.79. The van der Waals surface area contributed by atoms with Crippen LogP contribution in [0.15, 0.2) is 45.7 Å². The molecule has 21 heavy (non-hydrogen) atoms. The topological polar surface area (TPSA) is 92.3 Å². The minimum atomic E-state index is -3.63. The summed E-state index contributed by atoms with van der Waals surface area (Å²) in [5.74, 6) is 0. The Morgan fingerprint density at radius 3 is 2.24 bits per heavy atom. The molecule has 1 aliphatic heterocycles. The summed E-state index contributed by atoms with van der Waals surface area (Å²) in [6.45, 7) is 1.87. The number of benzene rings is 1. The molecule has 1 heterocycles. The Morgan fingerprint density at radius 2 is 1.71 bits per heavy atom. The maximum absolute atomic E-state index is 12.1. The summed E-state index contributed by atoms with van der Waals surface area (Å²) >= 11 is 0. The SMILES string of the molecule is CS(=O)(=O)c1ccc(S(=O)(=O)NCC2=CCNCC2)cc1. The van der Waals surface area contributed by atoms with Crippen molar-refractivity contribution in [2.75, 3.05) is 25.9 Å². The van der Waals surface area contributed by atoms with Gasteiger partial charge in [-0.1, -0.05) is 11.6 Å². The Labute approximate surface area is 125 Å². The van der Waals surface area contributed by atoms with Crippen molar-refractivity contribution in [1.82, 2.24) is 10.0 Å². The van der Waals surface area contributed by atoms with Crippen molar-refractivity contribution < 1.29 is 16.8 Å². The van der Waals surface area contributed by atoms with Crippen molar-refractivity contribution >= 4 is 19.9 Å². The highest BCUT2D eigenvalue weighted by atomic mass is 32.2. The van der Waals surface area contributed by atoms with Crippen LogP contribution in [0.1, 0.15) is 6.42 Å². The van der Waals surface area contributed by atoms with Gasteiger partial charge in [-0.05, 0) is 37.2 Å². The molecular formula is C13H18N2O4S2. The first-order valence-corrected chi connectivity index (χ1v) is 9.85. The van der Waals surface area contributed by atoms with Crippen molar-refractivity contribution in [3.8, 4) is 0 Å². The fraction of sp³-hybridized carbons (Fsp3) is 0.385. The Hall–Kier alpha value is -1.22. The van der Waals surface area contributed by atoms with Gasteiger partial charge in [0.05, 0.1) is 9.79 Å². The zero-order valence-electron chi connectivity index (χ0n) is 11.7. The van der Waals surface area contributed by atoms with Gasteiger partial charge < -0.3 is 5.32 Å². The van der Waals surface area contributed by atoms with E-state index in [1.54, 1.807) is 0 Å². The first-order valence-electron chi connectivity index (χ1n) is 6.47. The van der Waals surface area contributed by atoms with Crippen LogP contribution < -0.4 is 10.0 Å². The lowest BCUT2D eigenvalue weighted by Crippen LogP contribution is -2.29. The van der Waals surface area contributed by atoms with Gasteiger partial charge in [-0.2, -0.15) is 0 Å². The second-order valence-electron chi connectivity index (χ2n) is 4.88. The molecule has 2 N–H and O–H groups in total. The smallest absolute Gasteiger partial charge is 0.240 e. The quantitative estimate of drug-likeness (QED) is 0.757. The van der Waals surface area contributed by atoms with Crippen molar-refractivity contribution in [2.24, 2.45) is 0 Å². The van der Waals surface area contributed by atoms with Crippen LogP contribution in [0, 0.1) is 0 Å². The van der Waals surface area contributed by atoms with E-state index in [-0.39, 0.29) is 16.3 Å². The third-order valence-corrected chi connectivity index (χ3v) is 5.76. The summed E-state index contributed by atoms with van der Waals surface area (Å²) in [5, 5.41) is 3.15. The molecular weight excluding hydrogens is 312 g/mol. The van der Waals surface area contributed by atoms with Gasteiger partial charge in [0.2, 0.25) is 10.0 Å². The largest absolute Gasteiger partial charge is 0.313 e. The third kappa shape index (κ3) is 4.37. The molecule has 8 heteroatoms. The Morgan fingerprint density at radius 1 is 1.10 bits per heavy atom. The van der Waals surface area contributed by atoms with Crippen molar-refractivity contribution in [3.05, 3.63) is 35.9 Å². The van der Waals surface area contributed by atoms with E-state index in [0.29, 0.717) is 0 Å². The molecule has 0 bridgehead atoms. The Balaban J connectivity index is 2.10. The second-order valence-corrected chi connectivity index (χ2v) is 8.67. The molecule has 6 nitrogen and oxygen atoms in total. The van der Waals surface area contributed by atoms with Gasteiger partial charge in [0.15, 0.2) is 9.84 Å². The van der Waals surface area contributed by atoms with E-state index in [1.165, 1.54) is 24.3 Å². The van der Waals surface area contributed by atoms with Gasteiger partial charge in [-0.15, -0.1) is 0 Å². The lowest BCUT2D eigenvalue weighted by molar-refractivity contribution is 0.581. The van der Waals surface area contributed by atoms with E-state index in [2.05, 4.69) is 10.0 Å². The minimum Gasteiger partial charge on any atom is -0.313 e. The Bertz CT molecular complexity index is 735. The number of nitrogens with one attached hydrogen (secondary N) is 2. The van der Waals surface area contributed by atoms with Crippen LogP contribution in [0.25, 0.3) is 0 Å². The summed E-state index contributed by atoms with van der Waals surface area (Å²) in [6, 6.07) is 5.20. The van der Waals surface area contributed by atoms with Crippen molar-refractivity contribution in [2.45, 2.75) is 16.2 Å². The molecule has 0 radical (unpaired) electrons. The van der Waals surface area contributed by atoms with E-state index >= 15 is 0 Å². The van der Waals surface area contributed by atoms with E-state index < -0.39 is 19.9 Å². The molecule has 0 fully saturated rings. The van der Waals surface area contributed by atoms with Gasteiger partial charge in [0, 0.05) is 19.3 Å². The fourth-order valence-electron chi connectivity index (χ4n) is 1.97. The van der Waals surface area contributed by atoms with E-state index in [4.69, 9.17) is 0 Å². The van der Waals surface area contributed by atoms with E-state index in [0.717, 1.165) is 31.3 Å². The molecule has 0 saturated heterocycles. The van der Waals surface area contributed by atoms with Crippen LogP contribution in [-0.2, 0) is 19.9 Å². The summed E-state index contributed by atoms with van der Waals surface area (Å²) in [5.41, 5.74) is 1.05. The van der Waals surface area contributed by atoms with E-state index in [9.17, 15) is 16.8 Å². The van der Waals surface area contributed by atoms with Crippen LogP contribution >= 0.6 is 0 Å². The third-order valence-electron chi connectivity index (χ3n) is 3.21. The predicted octanol–water partition coefficient (Wildman–Crippen LogP) is 0.288. The van der Waals surface area contributed by atoms with E-state index in [1.807, 2.05) is 6.08 Å². The lowest BCUT2D eigenvalue weighted by Gasteiger charge is -2.14. The highest BCUT2D eigenvalue weighted by molar-refractivity contribution is 7.90. The molecule has 1 aliphatic rings. The zero-order chi connectivity index (χ0) is 15.5. The van der Waals surface area contributed by atoms with Gasteiger partial charge in [-0.25, -0.2) is 21.6 Å². The lowest BCUT2D eigenvalue weighted by atomic mass is 10.1. The van der Waals surface area contributed by atoms with Crippen LogP contribution in [0.5, 0.6) is 0 Å². The number of rotatable bonds is 5. The molecule has 1 aromatic carbocycles. The molecule has 116 valence electrons. The van der Waals surface area contributed by atoms with Gasteiger partial charge >= 0.3 is 0 Å². The minimum absolute atomic E-state index is 0.0597. The van der Waals surface area contributed by atoms with Crippen molar-refractivity contribution in [1.29, 1.82) is 0 Å². The molecule has 0 aromatic heterocycles. The summed E-state index contributed by atoms with van der Waals surface area (Å²) in [4.78, 5) is 0.159. The molecule has 0 amide bonds. The molecule has 0 unspecified atom stereocenters. The van der Waals surface area contributed by atoms with Crippen LogP contribution in [0.3, 0.4) is 0 Å². The first kappa shape index (κ1) is 16.2. The zero-order valence-corrected chi connectivity index (χ0v) is 13.3. The summed E-state index contributed by atoms with van der Waals surface area (Å²) < 4.78 is 49.5. The maximum Gasteiger partial charge on any atom is 0.240 e. The van der Waals surface area contributed by atoms with Gasteiger partial charge in [0.1, 0.15) is 0 Å². The predicted molar refractivity (Wildman–Crippen MR) is 80.3 cm³/mol. The van der Waals surface area contributed by atoms with Crippen molar-refractivity contribution in [3.63, 3.8) is 0 Å². The molecule has 0 saturated carbocycles. The number of sulfone groups is 1. The normalized spacial score (nSPS) is 16.5. The summed E-state index contributed by atoms with van der Waals surface area (Å²) in [6.07, 6.45) is 3.87. The highest BCUT2D eigenvalue weighted by Gasteiger charge is 2.16. The number of hydrogen-bond acceptors (Lipinski definition) is 5. The fourth-order valence-corrected chi connectivity index (χ4v) is 3.63. The average molecular weight is 330 g/mol. The molecule has 0 spiro atoms. The molecule has 0 atom stereocenters. The standard InChI is InChI=1S/C13H18N2O4S2/c1-20(16,17)12-2-4-13(5-3-12)21(18,19)15-10-11-6-8-14-9-7-11/h2-6,14-15H,7-10H2,1H3. The second kappa shape index (κ2) is 6.27. The highest BCUT2D eigenvalue weighted by Crippen LogP contribution is 2.14. The molecule has 2 rings (SSSR count). The van der Waals surface area contributed by atoms with Crippen LogP contribution in [0.2, 0.25) is 0 Å². The molecule has 1 aromatic rings. The number of hydrogen-bond donors (Lipinski definition) is 2. The maximum atomic E-state index is 12.1. The molecule has 0 aliphatic carbocycles. The van der Waals surface area contributed by atoms with Crippen LogP contribution in [0.4, 0.5) is 0 Å². The number of sulfonamides is 1.